The molecule has 2 heterocycles. The van der Waals surface area contributed by atoms with Gasteiger partial charge in [-0.3, -0.25) is 4.79 Å². The molecule has 124 valence electrons. The summed E-state index contributed by atoms with van der Waals surface area (Å²) in [7, 11) is 0. The van der Waals surface area contributed by atoms with Crippen molar-refractivity contribution < 1.29 is 23.4 Å². The predicted octanol–water partition coefficient (Wildman–Crippen LogP) is 2.42. The molecule has 1 amide bonds. The smallest absolute Gasteiger partial charge is 0.272 e. The van der Waals surface area contributed by atoms with Gasteiger partial charge in [-0.25, -0.2) is 13.8 Å². The average Bonchev–Trinajstić information content (AvgIpc) is 3.06. The van der Waals surface area contributed by atoms with Crippen LogP contribution in [-0.2, 0) is 5.60 Å². The molecule has 23 heavy (non-hydrogen) atoms. The molecule has 5 nitrogen and oxygen atoms in total. The standard InChI is InChI=1S/C15H16F2N2O3S/c1-15(21,11-5-3-7-23-11)9-18-14(20)10-4-2-6-13(19-10)22-8-12(16)17/h2-7,12,21H,8-9H2,1H3,(H,18,20). The number of pyridine rings is 1. The van der Waals surface area contributed by atoms with Crippen LogP contribution in [0.5, 0.6) is 5.88 Å². The third-order valence-corrected chi connectivity index (χ3v) is 4.08. The van der Waals surface area contributed by atoms with Crippen LogP contribution in [0.15, 0.2) is 35.7 Å². The minimum atomic E-state index is -2.62. The second-order valence-electron chi connectivity index (χ2n) is 5.00. The summed E-state index contributed by atoms with van der Waals surface area (Å²) >= 11 is 1.38. The quantitative estimate of drug-likeness (QED) is 0.811. The third kappa shape index (κ3) is 4.97. The van der Waals surface area contributed by atoms with Gasteiger partial charge in [0.05, 0.1) is 6.54 Å². The first-order valence-corrected chi connectivity index (χ1v) is 7.69. The van der Waals surface area contributed by atoms with Crippen molar-refractivity contribution in [3.05, 3.63) is 46.3 Å². The monoisotopic (exact) mass is 342 g/mol. The number of alkyl halides is 2. The van der Waals surface area contributed by atoms with E-state index in [1.807, 2.05) is 11.4 Å². The van der Waals surface area contributed by atoms with Crippen molar-refractivity contribution in [2.75, 3.05) is 13.2 Å². The number of aliphatic hydroxyl groups is 1. The van der Waals surface area contributed by atoms with E-state index in [2.05, 4.69) is 10.3 Å². The normalized spacial score (nSPS) is 13.6. The first-order chi connectivity index (χ1) is 10.9. The fourth-order valence-corrected chi connectivity index (χ4v) is 2.57. The number of nitrogens with zero attached hydrogens (tertiary/aromatic N) is 1. The Hall–Kier alpha value is -2.06. The maximum absolute atomic E-state index is 12.1. The van der Waals surface area contributed by atoms with Crippen LogP contribution in [-0.4, -0.2) is 35.6 Å². The van der Waals surface area contributed by atoms with Crippen molar-refractivity contribution in [3.8, 4) is 5.88 Å². The lowest BCUT2D eigenvalue weighted by atomic mass is 10.1. The maximum atomic E-state index is 12.1. The Morgan fingerprint density at radius 3 is 2.87 bits per heavy atom. The highest BCUT2D eigenvalue weighted by atomic mass is 32.1. The number of halogens is 2. The molecule has 0 aliphatic rings. The summed E-state index contributed by atoms with van der Waals surface area (Å²) in [4.78, 5) is 16.6. The van der Waals surface area contributed by atoms with Gasteiger partial charge in [0.25, 0.3) is 12.3 Å². The van der Waals surface area contributed by atoms with Crippen molar-refractivity contribution in [1.29, 1.82) is 0 Å². The SMILES string of the molecule is CC(O)(CNC(=O)c1cccc(OCC(F)F)n1)c1cccs1. The molecule has 0 radical (unpaired) electrons. The molecular formula is C15H16F2N2O3S. The van der Waals surface area contributed by atoms with E-state index in [1.165, 1.54) is 29.5 Å². The highest BCUT2D eigenvalue weighted by Crippen LogP contribution is 2.24. The molecule has 0 aliphatic heterocycles. The molecule has 8 heteroatoms. The Balaban J connectivity index is 1.97. The fraction of sp³-hybridized carbons (Fsp3) is 0.333. The Kier molecular flexibility index (Phi) is 5.62. The van der Waals surface area contributed by atoms with Crippen molar-refractivity contribution in [3.63, 3.8) is 0 Å². The number of hydrogen-bond acceptors (Lipinski definition) is 5. The van der Waals surface area contributed by atoms with E-state index in [0.717, 1.165) is 4.88 Å². The fourth-order valence-electron chi connectivity index (χ4n) is 1.79. The molecule has 0 bridgehead atoms. The lowest BCUT2D eigenvalue weighted by Gasteiger charge is -2.22. The van der Waals surface area contributed by atoms with Crippen LogP contribution < -0.4 is 10.1 Å². The highest BCUT2D eigenvalue weighted by molar-refractivity contribution is 7.10. The summed E-state index contributed by atoms with van der Waals surface area (Å²) in [5.41, 5.74) is -1.17. The number of amides is 1. The summed E-state index contributed by atoms with van der Waals surface area (Å²) in [6.07, 6.45) is -2.62. The van der Waals surface area contributed by atoms with Gasteiger partial charge in [-0.05, 0) is 24.4 Å². The van der Waals surface area contributed by atoms with Gasteiger partial charge in [0, 0.05) is 10.9 Å². The minimum Gasteiger partial charge on any atom is -0.472 e. The molecule has 1 atom stereocenters. The van der Waals surface area contributed by atoms with Gasteiger partial charge < -0.3 is 15.2 Å². The molecule has 2 aromatic rings. The zero-order chi connectivity index (χ0) is 16.9. The van der Waals surface area contributed by atoms with E-state index in [4.69, 9.17) is 4.74 Å². The van der Waals surface area contributed by atoms with Gasteiger partial charge in [0.1, 0.15) is 11.3 Å². The summed E-state index contributed by atoms with van der Waals surface area (Å²) in [5.74, 6) is -0.577. The highest BCUT2D eigenvalue weighted by Gasteiger charge is 2.25. The van der Waals surface area contributed by atoms with Gasteiger partial charge in [-0.2, -0.15) is 0 Å². The molecule has 0 aliphatic carbocycles. The molecule has 0 aromatic carbocycles. The molecule has 1 unspecified atom stereocenters. The van der Waals surface area contributed by atoms with E-state index in [9.17, 15) is 18.7 Å². The number of aromatic nitrogens is 1. The van der Waals surface area contributed by atoms with E-state index in [1.54, 1.807) is 13.0 Å². The van der Waals surface area contributed by atoms with Crippen molar-refractivity contribution >= 4 is 17.2 Å². The average molecular weight is 342 g/mol. The van der Waals surface area contributed by atoms with Crippen molar-refractivity contribution in [1.82, 2.24) is 10.3 Å². The van der Waals surface area contributed by atoms with Crippen LogP contribution in [0.1, 0.15) is 22.3 Å². The zero-order valence-corrected chi connectivity index (χ0v) is 13.1. The molecule has 0 fully saturated rings. The summed E-state index contributed by atoms with van der Waals surface area (Å²) in [6.45, 7) is 0.802. The van der Waals surface area contributed by atoms with Gasteiger partial charge in [0.2, 0.25) is 5.88 Å². The second-order valence-corrected chi connectivity index (χ2v) is 5.94. The predicted molar refractivity (Wildman–Crippen MR) is 82.0 cm³/mol. The molecular weight excluding hydrogens is 326 g/mol. The molecule has 2 N–H and O–H groups in total. The van der Waals surface area contributed by atoms with E-state index >= 15 is 0 Å². The van der Waals surface area contributed by atoms with E-state index in [0.29, 0.717) is 0 Å². The number of thiophene rings is 1. The first kappa shape index (κ1) is 17.3. The summed E-state index contributed by atoms with van der Waals surface area (Å²) in [6, 6.07) is 7.89. The van der Waals surface area contributed by atoms with Gasteiger partial charge in [-0.15, -0.1) is 11.3 Å². The second kappa shape index (κ2) is 7.47. The lowest BCUT2D eigenvalue weighted by molar-refractivity contribution is 0.0554. The van der Waals surface area contributed by atoms with Gasteiger partial charge in [-0.1, -0.05) is 12.1 Å². The van der Waals surface area contributed by atoms with Crippen LogP contribution in [0.3, 0.4) is 0 Å². The molecule has 2 rings (SSSR count). The van der Waals surface area contributed by atoms with E-state index < -0.39 is 24.5 Å². The molecule has 0 saturated heterocycles. The first-order valence-electron chi connectivity index (χ1n) is 6.81. The number of ether oxygens (including phenoxy) is 1. The molecule has 2 aromatic heterocycles. The van der Waals surface area contributed by atoms with Crippen molar-refractivity contribution in [2.24, 2.45) is 0 Å². The summed E-state index contributed by atoms with van der Waals surface area (Å²) in [5, 5.41) is 14.7. The topological polar surface area (TPSA) is 71.5 Å². The Morgan fingerprint density at radius 2 is 2.22 bits per heavy atom. The number of nitrogens with one attached hydrogen (secondary N) is 1. The molecule has 0 saturated carbocycles. The summed E-state index contributed by atoms with van der Waals surface area (Å²) < 4.78 is 29.0. The Bertz CT molecular complexity index is 648. The number of rotatable bonds is 7. The number of carbonyl (C=O) groups is 1. The van der Waals surface area contributed by atoms with Crippen molar-refractivity contribution in [2.45, 2.75) is 19.0 Å². The van der Waals surface area contributed by atoms with Crippen LogP contribution in [0, 0.1) is 0 Å². The van der Waals surface area contributed by atoms with E-state index in [-0.39, 0.29) is 18.1 Å². The number of hydrogen-bond donors (Lipinski definition) is 2. The Morgan fingerprint density at radius 1 is 1.43 bits per heavy atom. The maximum Gasteiger partial charge on any atom is 0.272 e. The largest absolute Gasteiger partial charge is 0.472 e. The molecule has 0 spiro atoms. The third-order valence-electron chi connectivity index (χ3n) is 2.96. The van der Waals surface area contributed by atoms with Crippen LogP contribution in [0.4, 0.5) is 8.78 Å². The van der Waals surface area contributed by atoms with Crippen LogP contribution in [0.2, 0.25) is 0 Å². The minimum absolute atomic E-state index is 0.00382. The lowest BCUT2D eigenvalue weighted by Crippen LogP contribution is -2.38. The Labute approximate surface area is 135 Å². The van der Waals surface area contributed by atoms with Gasteiger partial charge >= 0.3 is 0 Å². The van der Waals surface area contributed by atoms with Crippen LogP contribution >= 0.6 is 11.3 Å². The zero-order valence-electron chi connectivity index (χ0n) is 12.3. The number of carbonyl (C=O) groups excluding carboxylic acids is 1. The van der Waals surface area contributed by atoms with Gasteiger partial charge in [0.15, 0.2) is 6.61 Å². The van der Waals surface area contributed by atoms with Crippen LogP contribution in [0.25, 0.3) is 0 Å².